The van der Waals surface area contributed by atoms with E-state index >= 15 is 0 Å². The maximum absolute atomic E-state index is 12.6. The highest BCUT2D eigenvalue weighted by Crippen LogP contribution is 2.40. The Labute approximate surface area is 144 Å². The first-order chi connectivity index (χ1) is 11.0. The molecule has 2 aromatic rings. The molecule has 2 heterocycles. The summed E-state index contributed by atoms with van der Waals surface area (Å²) < 4.78 is 1.09. The number of fused-ring (bicyclic) bond motifs is 1. The van der Waals surface area contributed by atoms with Crippen molar-refractivity contribution in [3.05, 3.63) is 10.9 Å². The molecule has 23 heavy (non-hydrogen) atoms. The van der Waals surface area contributed by atoms with Crippen molar-refractivity contribution >= 4 is 43.2 Å². The van der Waals surface area contributed by atoms with Crippen LogP contribution in [-0.4, -0.2) is 36.1 Å². The van der Waals surface area contributed by atoms with Crippen molar-refractivity contribution in [1.29, 1.82) is 0 Å². The van der Waals surface area contributed by atoms with Crippen LogP contribution in [0.1, 0.15) is 43.3 Å². The zero-order valence-corrected chi connectivity index (χ0v) is 15.5. The van der Waals surface area contributed by atoms with Crippen LogP contribution in [0.5, 0.6) is 0 Å². The molecule has 2 aromatic heterocycles. The number of rotatable bonds is 7. The minimum Gasteiger partial charge on any atom is -0.349 e. The zero-order valence-electron chi connectivity index (χ0n) is 13.9. The Kier molecular flexibility index (Phi) is 4.62. The fourth-order valence-electron chi connectivity index (χ4n) is 2.83. The highest BCUT2D eigenvalue weighted by atomic mass is 32.1. The number of hydrogen-bond acceptors (Lipinski definition) is 6. The van der Waals surface area contributed by atoms with Crippen LogP contribution in [0.4, 0.5) is 5.13 Å². The van der Waals surface area contributed by atoms with Crippen LogP contribution < -0.4 is 16.0 Å². The highest BCUT2D eigenvalue weighted by Gasteiger charge is 2.41. The van der Waals surface area contributed by atoms with Gasteiger partial charge in [0.2, 0.25) is 0 Å². The van der Waals surface area contributed by atoms with Crippen LogP contribution in [0.2, 0.25) is 0 Å². The predicted molar refractivity (Wildman–Crippen MR) is 98.7 cm³/mol. The van der Waals surface area contributed by atoms with E-state index in [1.807, 2.05) is 6.07 Å². The Morgan fingerprint density at radius 1 is 1.43 bits per heavy atom. The minimum absolute atomic E-state index is 0.0237. The normalized spacial score (nSPS) is 17.2. The van der Waals surface area contributed by atoms with E-state index in [1.165, 1.54) is 11.3 Å². The van der Waals surface area contributed by atoms with Gasteiger partial charge >= 0.3 is 0 Å². The van der Waals surface area contributed by atoms with Gasteiger partial charge in [-0.05, 0) is 45.6 Å². The van der Waals surface area contributed by atoms with Crippen LogP contribution in [0, 0.1) is 5.92 Å². The van der Waals surface area contributed by atoms with Crippen molar-refractivity contribution < 1.29 is 4.79 Å². The number of thiazole rings is 1. The van der Waals surface area contributed by atoms with Gasteiger partial charge in [-0.15, -0.1) is 11.3 Å². The molecule has 1 unspecified atom stereocenters. The number of nitrogens with one attached hydrogen (secondary N) is 1. The molecule has 1 saturated carbocycles. The molecule has 3 N–H and O–H groups in total. The minimum atomic E-state index is -0.283. The summed E-state index contributed by atoms with van der Waals surface area (Å²) in [4.78, 5) is 21.1. The number of anilines is 1. The lowest BCUT2D eigenvalue weighted by Crippen LogP contribution is -2.53. The fraction of sp³-hybridized carbons (Fsp3) is 0.625. The lowest BCUT2D eigenvalue weighted by molar-refractivity contribution is 0.0902. The fourth-order valence-corrected chi connectivity index (χ4v) is 5.06. The highest BCUT2D eigenvalue weighted by molar-refractivity contribution is 7.29. The molecule has 1 aliphatic rings. The first-order valence-electron chi connectivity index (χ1n) is 8.18. The number of thiophene rings is 1. The third-order valence-electron chi connectivity index (χ3n) is 4.64. The van der Waals surface area contributed by atoms with E-state index in [9.17, 15) is 4.79 Å². The summed E-state index contributed by atoms with van der Waals surface area (Å²) in [6.45, 7) is 8.68. The predicted octanol–water partition coefficient (Wildman–Crippen LogP) is 3.06. The van der Waals surface area contributed by atoms with Gasteiger partial charge in [0.05, 0.1) is 15.1 Å². The average molecular weight is 353 g/mol. The van der Waals surface area contributed by atoms with Crippen molar-refractivity contribution in [1.82, 2.24) is 10.3 Å². The molecule has 7 heteroatoms. The molecule has 0 aliphatic heterocycles. The zero-order chi connectivity index (χ0) is 16.6. The maximum atomic E-state index is 12.6. The quantitative estimate of drug-likeness (QED) is 0.803. The number of nitrogens with two attached hydrogens (primary N) is 1. The molecule has 3 rings (SSSR count). The number of nitrogens with zero attached hydrogens (tertiary/aromatic N) is 2. The van der Waals surface area contributed by atoms with Crippen molar-refractivity contribution in [2.24, 2.45) is 11.7 Å². The third-order valence-corrected chi connectivity index (χ3v) is 6.86. The molecular formula is C16H24N4OS2. The van der Waals surface area contributed by atoms with Gasteiger partial charge in [-0.25, -0.2) is 4.98 Å². The Bertz CT molecular complexity index is 671. The largest absolute Gasteiger partial charge is 0.349 e. The Morgan fingerprint density at radius 3 is 2.65 bits per heavy atom. The molecule has 0 bridgehead atoms. The summed E-state index contributed by atoms with van der Waals surface area (Å²) >= 11 is 3.12. The number of carbonyl (C=O) groups is 1. The summed E-state index contributed by atoms with van der Waals surface area (Å²) in [5, 5.41) is 4.18. The number of aromatic nitrogens is 1. The number of hydrogen-bond donors (Lipinski definition) is 2. The third kappa shape index (κ3) is 3.22. The summed E-state index contributed by atoms with van der Waals surface area (Å²) in [6.07, 6.45) is 2.31. The SMILES string of the molecule is CCN(CC)c1nc2sc(C(=O)NC(C)(CN)C3CC3)cc2s1. The molecule has 1 aliphatic carbocycles. The lowest BCUT2D eigenvalue weighted by atomic mass is 9.96. The van der Waals surface area contributed by atoms with Crippen LogP contribution in [0.25, 0.3) is 9.53 Å². The molecule has 0 saturated heterocycles. The molecular weight excluding hydrogens is 328 g/mol. The molecule has 0 radical (unpaired) electrons. The van der Waals surface area contributed by atoms with Crippen molar-refractivity contribution in [2.45, 2.75) is 39.2 Å². The summed E-state index contributed by atoms with van der Waals surface area (Å²) in [6, 6.07) is 1.96. The van der Waals surface area contributed by atoms with E-state index in [0.717, 1.165) is 45.5 Å². The smallest absolute Gasteiger partial charge is 0.261 e. The second-order valence-electron chi connectivity index (χ2n) is 6.30. The maximum Gasteiger partial charge on any atom is 0.261 e. The molecule has 126 valence electrons. The van der Waals surface area contributed by atoms with Crippen molar-refractivity contribution in [3.8, 4) is 0 Å². The van der Waals surface area contributed by atoms with Gasteiger partial charge in [-0.3, -0.25) is 4.79 Å². The lowest BCUT2D eigenvalue weighted by Gasteiger charge is -2.29. The van der Waals surface area contributed by atoms with Crippen molar-refractivity contribution in [3.63, 3.8) is 0 Å². The Morgan fingerprint density at radius 2 is 2.13 bits per heavy atom. The van der Waals surface area contributed by atoms with Crippen LogP contribution in [0.3, 0.4) is 0 Å². The molecule has 0 spiro atoms. The molecule has 1 atom stereocenters. The molecule has 0 aromatic carbocycles. The summed E-state index contributed by atoms with van der Waals surface area (Å²) in [5.74, 6) is 0.495. The van der Waals surface area contributed by atoms with E-state index in [4.69, 9.17) is 5.73 Å². The van der Waals surface area contributed by atoms with E-state index in [0.29, 0.717) is 12.5 Å². The first-order valence-corrected chi connectivity index (χ1v) is 9.82. The second-order valence-corrected chi connectivity index (χ2v) is 8.34. The van der Waals surface area contributed by atoms with Gasteiger partial charge in [0.1, 0.15) is 4.83 Å². The molecule has 5 nitrogen and oxygen atoms in total. The summed E-state index contributed by atoms with van der Waals surface area (Å²) in [7, 11) is 0. The van der Waals surface area contributed by atoms with Gasteiger partial charge in [0.25, 0.3) is 5.91 Å². The Hall–Kier alpha value is -1.18. The van der Waals surface area contributed by atoms with Gasteiger partial charge < -0.3 is 16.0 Å². The van der Waals surface area contributed by atoms with Crippen LogP contribution in [-0.2, 0) is 0 Å². The van der Waals surface area contributed by atoms with E-state index < -0.39 is 0 Å². The van der Waals surface area contributed by atoms with E-state index in [-0.39, 0.29) is 11.4 Å². The summed E-state index contributed by atoms with van der Waals surface area (Å²) in [5.41, 5.74) is 5.60. The molecule has 1 fully saturated rings. The van der Waals surface area contributed by atoms with E-state index in [1.54, 1.807) is 11.3 Å². The van der Waals surface area contributed by atoms with Gasteiger partial charge in [-0.2, -0.15) is 0 Å². The average Bonchev–Trinajstić information content (AvgIpc) is 3.21. The van der Waals surface area contributed by atoms with E-state index in [2.05, 4.69) is 36.0 Å². The van der Waals surface area contributed by atoms with Gasteiger partial charge in [0, 0.05) is 19.6 Å². The second kappa shape index (κ2) is 6.37. The van der Waals surface area contributed by atoms with Crippen molar-refractivity contribution in [2.75, 3.05) is 24.5 Å². The Balaban J connectivity index is 1.78. The first kappa shape index (κ1) is 16.7. The van der Waals surface area contributed by atoms with Gasteiger partial charge in [0.15, 0.2) is 5.13 Å². The van der Waals surface area contributed by atoms with Crippen LogP contribution in [0.15, 0.2) is 6.07 Å². The standard InChI is InChI=1S/C16H24N4OS2/c1-4-20(5-2)15-18-14-12(23-15)8-11(22-14)13(21)19-16(3,9-17)10-6-7-10/h8,10H,4-7,9,17H2,1-3H3,(H,19,21). The monoisotopic (exact) mass is 352 g/mol. The number of carbonyl (C=O) groups excluding carboxylic acids is 1. The van der Waals surface area contributed by atoms with Crippen LogP contribution >= 0.6 is 22.7 Å². The molecule has 1 amide bonds. The van der Waals surface area contributed by atoms with Gasteiger partial charge in [-0.1, -0.05) is 11.3 Å². The number of amides is 1. The topological polar surface area (TPSA) is 71.2 Å².